The van der Waals surface area contributed by atoms with Crippen LogP contribution >= 0.6 is 15.9 Å². The molecule has 0 aliphatic carbocycles. The highest BCUT2D eigenvalue weighted by Crippen LogP contribution is 2.25. The Balaban J connectivity index is 2.22. The molecule has 6 heteroatoms. The first-order valence-corrected chi connectivity index (χ1v) is 6.51. The molecular formula is C11H16BrN3O2. The number of ether oxygens (including phenoxy) is 2. The van der Waals surface area contributed by atoms with E-state index in [0.717, 1.165) is 11.0 Å². The van der Waals surface area contributed by atoms with Crippen LogP contribution in [-0.4, -0.2) is 42.4 Å². The second-order valence-electron chi connectivity index (χ2n) is 3.87. The van der Waals surface area contributed by atoms with E-state index in [1.54, 1.807) is 6.20 Å². The van der Waals surface area contributed by atoms with Crippen LogP contribution in [0, 0.1) is 0 Å². The highest BCUT2D eigenvalue weighted by molar-refractivity contribution is 9.10. The minimum absolute atomic E-state index is 0.291. The molecule has 1 aromatic rings. The number of nitrogens with zero attached hydrogens (tertiary/aromatic N) is 3. The lowest BCUT2D eigenvalue weighted by molar-refractivity contribution is 0.0980. The van der Waals surface area contributed by atoms with Crippen molar-refractivity contribution in [2.75, 3.05) is 31.3 Å². The van der Waals surface area contributed by atoms with E-state index in [4.69, 9.17) is 9.47 Å². The highest BCUT2D eigenvalue weighted by atomic mass is 79.9. The van der Waals surface area contributed by atoms with Gasteiger partial charge < -0.3 is 14.4 Å². The summed E-state index contributed by atoms with van der Waals surface area (Å²) >= 11 is 3.38. The molecule has 0 radical (unpaired) electrons. The first-order valence-electron chi connectivity index (χ1n) is 5.72. The number of hydrogen-bond acceptors (Lipinski definition) is 5. The summed E-state index contributed by atoms with van der Waals surface area (Å²) in [6.45, 7) is 6.87. The van der Waals surface area contributed by atoms with Crippen LogP contribution in [0.25, 0.3) is 0 Å². The number of morpholine rings is 1. The third-order valence-electron chi connectivity index (χ3n) is 2.60. The summed E-state index contributed by atoms with van der Waals surface area (Å²) in [5.41, 5.74) is 0. The van der Waals surface area contributed by atoms with Crippen LogP contribution in [0.15, 0.2) is 10.7 Å². The summed E-state index contributed by atoms with van der Waals surface area (Å²) < 4.78 is 11.6. The van der Waals surface area contributed by atoms with Gasteiger partial charge in [-0.1, -0.05) is 0 Å². The van der Waals surface area contributed by atoms with Gasteiger partial charge >= 0.3 is 0 Å². The fourth-order valence-corrected chi connectivity index (χ4v) is 2.05. The molecule has 1 saturated heterocycles. The van der Waals surface area contributed by atoms with Gasteiger partial charge in [0.15, 0.2) is 0 Å². The maximum atomic E-state index is 5.45. The summed E-state index contributed by atoms with van der Waals surface area (Å²) in [4.78, 5) is 10.9. The Kier molecular flexibility index (Phi) is 4.17. The summed E-state index contributed by atoms with van der Waals surface area (Å²) in [6.07, 6.45) is 1.73. The molecule has 0 unspecified atom stereocenters. The van der Waals surface area contributed by atoms with Gasteiger partial charge in [-0.25, -0.2) is 4.98 Å². The third kappa shape index (κ3) is 2.87. The van der Waals surface area contributed by atoms with Crippen molar-refractivity contribution in [3.05, 3.63) is 10.7 Å². The molecule has 2 rings (SSSR count). The maximum Gasteiger partial charge on any atom is 0.232 e. The van der Waals surface area contributed by atoms with Crippen LogP contribution in [0.3, 0.4) is 0 Å². The summed E-state index contributed by atoms with van der Waals surface area (Å²) in [5, 5.41) is 0. The number of halogens is 1. The van der Waals surface area contributed by atoms with Crippen molar-refractivity contribution >= 4 is 21.9 Å². The molecule has 0 saturated carbocycles. The normalized spacial score (nSPS) is 20.4. The van der Waals surface area contributed by atoms with Gasteiger partial charge in [0.1, 0.15) is 0 Å². The van der Waals surface area contributed by atoms with Crippen LogP contribution in [0.5, 0.6) is 5.88 Å². The lowest BCUT2D eigenvalue weighted by Crippen LogP contribution is -2.44. The maximum absolute atomic E-state index is 5.45. The molecule has 94 valence electrons. The fourth-order valence-electron chi connectivity index (χ4n) is 1.74. The van der Waals surface area contributed by atoms with E-state index in [-0.39, 0.29) is 0 Å². The second-order valence-corrected chi connectivity index (χ2v) is 4.73. The summed E-state index contributed by atoms with van der Waals surface area (Å²) in [7, 11) is 0. The van der Waals surface area contributed by atoms with Crippen molar-refractivity contribution in [3.63, 3.8) is 0 Å². The molecule has 5 nitrogen and oxygen atoms in total. The van der Waals surface area contributed by atoms with Crippen LogP contribution in [-0.2, 0) is 4.74 Å². The van der Waals surface area contributed by atoms with Crippen LogP contribution < -0.4 is 9.64 Å². The zero-order chi connectivity index (χ0) is 12.3. The van der Waals surface area contributed by atoms with E-state index in [0.29, 0.717) is 37.7 Å². The Bertz CT molecular complexity index is 389. The van der Waals surface area contributed by atoms with Gasteiger partial charge in [0.2, 0.25) is 11.8 Å². The van der Waals surface area contributed by atoms with Gasteiger partial charge in [0, 0.05) is 6.54 Å². The predicted molar refractivity (Wildman–Crippen MR) is 68.5 cm³/mol. The molecule has 0 amide bonds. The van der Waals surface area contributed by atoms with Gasteiger partial charge in [0.25, 0.3) is 0 Å². The van der Waals surface area contributed by atoms with Crippen molar-refractivity contribution in [2.45, 2.75) is 19.9 Å². The molecule has 0 aromatic carbocycles. The molecule has 17 heavy (non-hydrogen) atoms. The van der Waals surface area contributed by atoms with E-state index in [1.165, 1.54) is 0 Å². The molecule has 0 bridgehead atoms. The molecule has 0 N–H and O–H groups in total. The monoisotopic (exact) mass is 301 g/mol. The predicted octanol–water partition coefficient (Wildman–Crippen LogP) is 1.86. The zero-order valence-electron chi connectivity index (χ0n) is 10.0. The number of rotatable bonds is 3. The molecular weight excluding hydrogens is 286 g/mol. The first-order chi connectivity index (χ1) is 8.22. The number of hydrogen-bond donors (Lipinski definition) is 0. The van der Waals surface area contributed by atoms with Crippen molar-refractivity contribution in [1.82, 2.24) is 9.97 Å². The minimum Gasteiger partial charge on any atom is -0.477 e. The Morgan fingerprint density at radius 1 is 1.65 bits per heavy atom. The first kappa shape index (κ1) is 12.6. The zero-order valence-corrected chi connectivity index (χ0v) is 11.6. The quantitative estimate of drug-likeness (QED) is 0.853. The Morgan fingerprint density at radius 3 is 3.18 bits per heavy atom. The van der Waals surface area contributed by atoms with Gasteiger partial charge in [0.05, 0.1) is 36.5 Å². The van der Waals surface area contributed by atoms with Crippen molar-refractivity contribution in [2.24, 2.45) is 0 Å². The standard InChI is InChI=1S/C11H16BrN3O2/c1-3-17-10-9(12)6-13-11(14-10)15-4-5-16-7-8(15)2/h6,8H,3-5,7H2,1-2H3/t8-/m1/s1. The topological polar surface area (TPSA) is 47.5 Å². The molecule has 2 heterocycles. The SMILES string of the molecule is CCOc1nc(N2CCOC[C@H]2C)ncc1Br. The van der Waals surface area contributed by atoms with Crippen molar-refractivity contribution < 1.29 is 9.47 Å². The second kappa shape index (κ2) is 5.64. The van der Waals surface area contributed by atoms with Gasteiger partial charge in [-0.2, -0.15) is 4.98 Å². The van der Waals surface area contributed by atoms with Gasteiger partial charge in [-0.05, 0) is 29.8 Å². The molecule has 1 aliphatic heterocycles. The summed E-state index contributed by atoms with van der Waals surface area (Å²) in [6, 6.07) is 0.291. The van der Waals surface area contributed by atoms with E-state index < -0.39 is 0 Å². The Hall–Kier alpha value is -0.880. The average molecular weight is 302 g/mol. The van der Waals surface area contributed by atoms with Crippen LogP contribution in [0.2, 0.25) is 0 Å². The van der Waals surface area contributed by atoms with E-state index in [2.05, 4.69) is 37.7 Å². The molecule has 1 fully saturated rings. The summed E-state index contributed by atoms with van der Waals surface area (Å²) in [5.74, 6) is 1.30. The van der Waals surface area contributed by atoms with Gasteiger partial charge in [-0.15, -0.1) is 0 Å². The smallest absolute Gasteiger partial charge is 0.232 e. The minimum atomic E-state index is 0.291. The molecule has 1 atom stereocenters. The molecule has 1 aromatic heterocycles. The van der Waals surface area contributed by atoms with Gasteiger partial charge in [-0.3, -0.25) is 0 Å². The van der Waals surface area contributed by atoms with E-state index in [1.807, 2.05) is 6.92 Å². The lowest BCUT2D eigenvalue weighted by atomic mass is 10.3. The van der Waals surface area contributed by atoms with E-state index in [9.17, 15) is 0 Å². The van der Waals surface area contributed by atoms with Crippen LogP contribution in [0.4, 0.5) is 5.95 Å². The van der Waals surface area contributed by atoms with Crippen LogP contribution in [0.1, 0.15) is 13.8 Å². The Labute approximate surface area is 109 Å². The molecule has 1 aliphatic rings. The third-order valence-corrected chi connectivity index (χ3v) is 3.15. The Morgan fingerprint density at radius 2 is 2.47 bits per heavy atom. The average Bonchev–Trinajstić information content (AvgIpc) is 2.33. The van der Waals surface area contributed by atoms with Crippen molar-refractivity contribution in [3.8, 4) is 5.88 Å². The van der Waals surface area contributed by atoms with E-state index >= 15 is 0 Å². The lowest BCUT2D eigenvalue weighted by Gasteiger charge is -2.33. The fraction of sp³-hybridized carbons (Fsp3) is 0.636. The number of aromatic nitrogens is 2. The highest BCUT2D eigenvalue weighted by Gasteiger charge is 2.22. The van der Waals surface area contributed by atoms with Crippen molar-refractivity contribution in [1.29, 1.82) is 0 Å². The number of anilines is 1. The molecule has 0 spiro atoms. The largest absolute Gasteiger partial charge is 0.477 e.